The number of benzene rings is 1. The molecule has 2 fully saturated rings. The molecule has 0 radical (unpaired) electrons. The second-order valence-electron chi connectivity index (χ2n) is 4.99. The van der Waals surface area contributed by atoms with Crippen molar-refractivity contribution < 1.29 is 0 Å². The quantitative estimate of drug-likeness (QED) is 0.791. The maximum absolute atomic E-state index is 9.34. The molecule has 1 unspecified atom stereocenters. The highest BCUT2D eigenvalue weighted by Gasteiger charge is 2.56. The molecule has 3 rings (SSSR count). The lowest BCUT2D eigenvalue weighted by Crippen LogP contribution is -2.28. The van der Waals surface area contributed by atoms with Crippen molar-refractivity contribution in [1.82, 2.24) is 5.32 Å². The van der Waals surface area contributed by atoms with E-state index in [9.17, 15) is 5.26 Å². The molecule has 17 heavy (non-hydrogen) atoms. The Kier molecular flexibility index (Phi) is 2.18. The van der Waals surface area contributed by atoms with E-state index in [2.05, 4.69) is 17.5 Å². The topological polar surface area (TPSA) is 59.6 Å². The van der Waals surface area contributed by atoms with Crippen LogP contribution in [0.3, 0.4) is 0 Å². The third-order valence-corrected chi connectivity index (χ3v) is 4.04. The van der Waals surface area contributed by atoms with E-state index in [0.717, 1.165) is 24.9 Å². The average Bonchev–Trinajstić information content (AvgIpc) is 3.04. The lowest BCUT2D eigenvalue weighted by molar-refractivity contribution is 0.496. The first-order valence-corrected chi connectivity index (χ1v) is 5.94. The van der Waals surface area contributed by atoms with E-state index in [4.69, 9.17) is 5.26 Å². The first-order valence-electron chi connectivity index (χ1n) is 5.94. The number of nitrogens with zero attached hydrogens (tertiary/aromatic N) is 2. The molecule has 1 aromatic rings. The summed E-state index contributed by atoms with van der Waals surface area (Å²) in [5, 5.41) is 21.7. The van der Waals surface area contributed by atoms with Crippen LogP contribution in [0.25, 0.3) is 0 Å². The van der Waals surface area contributed by atoms with Crippen LogP contribution in [0.1, 0.15) is 29.9 Å². The molecule has 1 saturated carbocycles. The molecule has 84 valence electrons. The summed E-state index contributed by atoms with van der Waals surface area (Å²) in [5.74, 6) is 0.284. The van der Waals surface area contributed by atoms with Gasteiger partial charge in [-0.2, -0.15) is 10.5 Å². The smallest absolute Gasteiger partial charge is 0.0991 e. The molecule has 1 aliphatic carbocycles. The Morgan fingerprint density at radius 1 is 1.29 bits per heavy atom. The molecule has 2 atom stereocenters. The Morgan fingerprint density at radius 2 is 2.12 bits per heavy atom. The molecule has 1 aliphatic heterocycles. The monoisotopic (exact) mass is 223 g/mol. The third kappa shape index (κ3) is 1.52. The standard InChI is InChI=1S/C14H13N3/c15-7-10-2-1-3-11(6-10)12-9-17-14(4-5-14)13(12)8-16/h1-3,6,12-13,17H,4-5,9H2/t12?,13-/m0/s1. The van der Waals surface area contributed by atoms with E-state index in [0.29, 0.717) is 5.56 Å². The van der Waals surface area contributed by atoms with Gasteiger partial charge in [0.25, 0.3) is 0 Å². The van der Waals surface area contributed by atoms with Gasteiger partial charge in [0.2, 0.25) is 0 Å². The lowest BCUT2D eigenvalue weighted by atomic mass is 9.84. The van der Waals surface area contributed by atoms with Crippen LogP contribution in [0.5, 0.6) is 0 Å². The molecular formula is C14H13N3. The van der Waals surface area contributed by atoms with Gasteiger partial charge in [0.05, 0.1) is 23.6 Å². The zero-order valence-corrected chi connectivity index (χ0v) is 9.48. The predicted molar refractivity (Wildman–Crippen MR) is 63.0 cm³/mol. The van der Waals surface area contributed by atoms with Gasteiger partial charge in [-0.15, -0.1) is 0 Å². The van der Waals surface area contributed by atoms with E-state index < -0.39 is 0 Å². The van der Waals surface area contributed by atoms with Crippen molar-refractivity contribution in [2.75, 3.05) is 6.54 Å². The molecule has 1 N–H and O–H groups in total. The first-order chi connectivity index (χ1) is 8.29. The summed E-state index contributed by atoms with van der Waals surface area (Å²) in [6.45, 7) is 0.854. The van der Waals surface area contributed by atoms with Crippen LogP contribution in [0.15, 0.2) is 24.3 Å². The van der Waals surface area contributed by atoms with Crippen LogP contribution in [0.4, 0.5) is 0 Å². The minimum Gasteiger partial charge on any atom is -0.309 e. The molecule has 1 spiro atoms. The molecule has 3 nitrogen and oxygen atoms in total. The van der Waals surface area contributed by atoms with E-state index in [1.54, 1.807) is 6.07 Å². The fourth-order valence-corrected chi connectivity index (χ4v) is 2.91. The normalized spacial score (nSPS) is 28.6. The van der Waals surface area contributed by atoms with Gasteiger partial charge in [0.1, 0.15) is 0 Å². The van der Waals surface area contributed by atoms with Crippen molar-refractivity contribution in [3.63, 3.8) is 0 Å². The molecule has 1 saturated heterocycles. The van der Waals surface area contributed by atoms with Crippen LogP contribution >= 0.6 is 0 Å². The second-order valence-corrected chi connectivity index (χ2v) is 4.99. The number of hydrogen-bond donors (Lipinski definition) is 1. The maximum Gasteiger partial charge on any atom is 0.0991 e. The van der Waals surface area contributed by atoms with E-state index in [1.807, 2.05) is 18.2 Å². The van der Waals surface area contributed by atoms with Crippen LogP contribution in [0, 0.1) is 28.6 Å². The summed E-state index contributed by atoms with van der Waals surface area (Å²) in [4.78, 5) is 0. The van der Waals surface area contributed by atoms with Crippen molar-refractivity contribution in [2.45, 2.75) is 24.3 Å². The van der Waals surface area contributed by atoms with Crippen LogP contribution in [0.2, 0.25) is 0 Å². The fraction of sp³-hybridized carbons (Fsp3) is 0.429. The molecule has 1 heterocycles. The van der Waals surface area contributed by atoms with Gasteiger partial charge in [-0.25, -0.2) is 0 Å². The number of hydrogen-bond acceptors (Lipinski definition) is 3. The summed E-state index contributed by atoms with van der Waals surface area (Å²) >= 11 is 0. The molecule has 0 aromatic heterocycles. The van der Waals surface area contributed by atoms with Crippen LogP contribution < -0.4 is 5.32 Å². The molecular weight excluding hydrogens is 210 g/mol. The Labute approximate surface area is 101 Å². The molecule has 1 aromatic carbocycles. The zero-order valence-electron chi connectivity index (χ0n) is 9.48. The van der Waals surface area contributed by atoms with Gasteiger partial charge in [-0.05, 0) is 30.5 Å². The highest BCUT2D eigenvalue weighted by molar-refractivity contribution is 5.38. The Bertz CT molecular complexity index is 531. The van der Waals surface area contributed by atoms with Gasteiger partial charge >= 0.3 is 0 Å². The van der Waals surface area contributed by atoms with Gasteiger partial charge in [-0.1, -0.05) is 12.1 Å². The second kappa shape index (κ2) is 3.58. The minimum atomic E-state index is 0.0523. The average molecular weight is 223 g/mol. The minimum absolute atomic E-state index is 0.0523. The molecule has 3 heteroatoms. The zero-order chi connectivity index (χ0) is 11.9. The Balaban J connectivity index is 1.94. The highest BCUT2D eigenvalue weighted by Crippen LogP contribution is 2.51. The summed E-state index contributed by atoms with van der Waals surface area (Å²) in [7, 11) is 0. The summed E-state index contributed by atoms with van der Waals surface area (Å²) in [6, 6.07) is 12.3. The van der Waals surface area contributed by atoms with E-state index in [1.165, 1.54) is 0 Å². The first kappa shape index (κ1) is 10.3. The third-order valence-electron chi connectivity index (χ3n) is 4.04. The highest BCUT2D eigenvalue weighted by atomic mass is 15.1. The van der Waals surface area contributed by atoms with Crippen molar-refractivity contribution in [3.05, 3.63) is 35.4 Å². The summed E-state index contributed by atoms with van der Waals surface area (Å²) in [5.41, 5.74) is 1.88. The SMILES string of the molecule is N#Cc1cccc(C2CNC3(CC3)[C@H]2C#N)c1. The van der Waals surface area contributed by atoms with Crippen molar-refractivity contribution in [3.8, 4) is 12.1 Å². The van der Waals surface area contributed by atoms with Crippen molar-refractivity contribution in [2.24, 2.45) is 5.92 Å². The van der Waals surface area contributed by atoms with Gasteiger partial charge in [0, 0.05) is 18.0 Å². The summed E-state index contributed by atoms with van der Waals surface area (Å²) < 4.78 is 0. The van der Waals surface area contributed by atoms with Gasteiger partial charge in [0.15, 0.2) is 0 Å². The van der Waals surface area contributed by atoms with E-state index in [-0.39, 0.29) is 17.4 Å². The van der Waals surface area contributed by atoms with Crippen molar-refractivity contribution in [1.29, 1.82) is 10.5 Å². The van der Waals surface area contributed by atoms with Crippen molar-refractivity contribution >= 4 is 0 Å². The van der Waals surface area contributed by atoms with Crippen LogP contribution in [-0.2, 0) is 0 Å². The Hall–Kier alpha value is -1.84. The predicted octanol–water partition coefficient (Wildman–Crippen LogP) is 1.92. The Morgan fingerprint density at radius 3 is 2.76 bits per heavy atom. The number of nitrogens with one attached hydrogen (secondary N) is 1. The number of rotatable bonds is 1. The molecule has 0 bridgehead atoms. The van der Waals surface area contributed by atoms with Crippen LogP contribution in [-0.4, -0.2) is 12.1 Å². The van der Waals surface area contributed by atoms with Gasteiger partial charge < -0.3 is 5.32 Å². The lowest BCUT2D eigenvalue weighted by Gasteiger charge is -2.16. The molecule has 2 aliphatic rings. The molecule has 0 amide bonds. The van der Waals surface area contributed by atoms with Gasteiger partial charge in [-0.3, -0.25) is 0 Å². The fourth-order valence-electron chi connectivity index (χ4n) is 2.91. The largest absolute Gasteiger partial charge is 0.309 e. The number of nitriles is 2. The summed E-state index contributed by atoms with van der Waals surface area (Å²) in [6.07, 6.45) is 2.22. The maximum atomic E-state index is 9.34. The van der Waals surface area contributed by atoms with E-state index >= 15 is 0 Å².